The molecule has 0 unspecified atom stereocenters. The van der Waals surface area contributed by atoms with Gasteiger partial charge in [0.1, 0.15) is 5.82 Å². The van der Waals surface area contributed by atoms with Gasteiger partial charge in [-0.05, 0) is 36.7 Å². The molecule has 0 atom stereocenters. The number of nitrogens with zero attached hydrogens (tertiary/aromatic N) is 4. The number of piperazine rings is 1. The molecule has 0 aliphatic carbocycles. The first-order valence-corrected chi connectivity index (χ1v) is 9.42. The zero-order valence-corrected chi connectivity index (χ0v) is 15.6. The molecule has 1 N–H and O–H groups in total. The van der Waals surface area contributed by atoms with Gasteiger partial charge in [0.05, 0.1) is 11.9 Å². The lowest BCUT2D eigenvalue weighted by molar-refractivity contribution is -0.116. The van der Waals surface area contributed by atoms with Crippen LogP contribution in [0.1, 0.15) is 6.42 Å². The van der Waals surface area contributed by atoms with Crippen molar-refractivity contribution in [3.05, 3.63) is 54.9 Å². The number of rotatable bonds is 5. The summed E-state index contributed by atoms with van der Waals surface area (Å²) in [4.78, 5) is 21.4. The molecule has 27 heavy (non-hydrogen) atoms. The number of para-hydroxylation sites is 1. The van der Waals surface area contributed by atoms with Crippen LogP contribution < -0.4 is 10.2 Å². The number of aryl methyl sites for hydroxylation is 1. The molecule has 3 heterocycles. The molecule has 0 radical (unpaired) electrons. The van der Waals surface area contributed by atoms with E-state index in [-0.39, 0.29) is 5.91 Å². The Balaban J connectivity index is 1.31. The fourth-order valence-electron chi connectivity index (χ4n) is 3.46. The first kappa shape index (κ1) is 17.5. The number of likely N-dealkylation sites (N-methyl/N-ethyl adjacent to an activating group) is 1. The minimum Gasteiger partial charge on any atom is -0.354 e. The molecule has 6 nitrogen and oxygen atoms in total. The van der Waals surface area contributed by atoms with Gasteiger partial charge in [0.15, 0.2) is 0 Å². The van der Waals surface area contributed by atoms with Crippen molar-refractivity contribution < 1.29 is 4.79 Å². The van der Waals surface area contributed by atoms with Crippen LogP contribution in [0.2, 0.25) is 0 Å². The number of hydrogen-bond donors (Lipinski definition) is 1. The molecule has 4 rings (SSSR count). The van der Waals surface area contributed by atoms with Crippen LogP contribution in [0.15, 0.2) is 54.9 Å². The van der Waals surface area contributed by atoms with Gasteiger partial charge in [0, 0.05) is 50.9 Å². The van der Waals surface area contributed by atoms with E-state index in [4.69, 9.17) is 0 Å². The highest BCUT2D eigenvalue weighted by atomic mass is 16.1. The molecule has 0 saturated carbocycles. The van der Waals surface area contributed by atoms with Gasteiger partial charge >= 0.3 is 0 Å². The summed E-state index contributed by atoms with van der Waals surface area (Å²) in [6, 6.07) is 14.2. The van der Waals surface area contributed by atoms with E-state index in [1.54, 1.807) is 6.20 Å². The predicted molar refractivity (Wildman–Crippen MR) is 109 cm³/mol. The molecule has 1 saturated heterocycles. The largest absolute Gasteiger partial charge is 0.354 e. The number of anilines is 2. The first-order chi connectivity index (χ1) is 13.2. The number of fused-ring (bicyclic) bond motifs is 1. The maximum Gasteiger partial charge on any atom is 0.226 e. The van der Waals surface area contributed by atoms with Crippen molar-refractivity contribution in [3.8, 4) is 0 Å². The van der Waals surface area contributed by atoms with E-state index in [0.717, 1.165) is 43.2 Å². The molecule has 1 aromatic carbocycles. The zero-order chi connectivity index (χ0) is 18.6. The monoisotopic (exact) mass is 363 g/mol. The van der Waals surface area contributed by atoms with Crippen molar-refractivity contribution in [2.45, 2.75) is 13.0 Å². The van der Waals surface area contributed by atoms with Crippen molar-refractivity contribution in [3.63, 3.8) is 0 Å². The third-order valence-corrected chi connectivity index (χ3v) is 5.12. The van der Waals surface area contributed by atoms with E-state index >= 15 is 0 Å². The van der Waals surface area contributed by atoms with Crippen molar-refractivity contribution in [1.29, 1.82) is 0 Å². The van der Waals surface area contributed by atoms with E-state index in [1.165, 1.54) is 5.39 Å². The molecule has 1 aliphatic heterocycles. The summed E-state index contributed by atoms with van der Waals surface area (Å²) in [6.07, 6.45) is 4.21. The molecular formula is C21H25N5O. The summed E-state index contributed by atoms with van der Waals surface area (Å²) in [6.45, 7) is 4.73. The lowest BCUT2D eigenvalue weighted by atomic mass is 10.2. The highest BCUT2D eigenvalue weighted by molar-refractivity contribution is 5.90. The number of amides is 1. The number of nitrogens with one attached hydrogen (secondary N) is 1. The van der Waals surface area contributed by atoms with Crippen molar-refractivity contribution in [1.82, 2.24) is 14.5 Å². The molecule has 3 aromatic rings. The lowest BCUT2D eigenvalue weighted by Crippen LogP contribution is -2.44. The van der Waals surface area contributed by atoms with Crippen LogP contribution in [0.25, 0.3) is 10.9 Å². The smallest absolute Gasteiger partial charge is 0.226 e. The molecule has 1 fully saturated rings. The second-order valence-electron chi connectivity index (χ2n) is 7.06. The van der Waals surface area contributed by atoms with E-state index < -0.39 is 0 Å². The Hall–Kier alpha value is -2.86. The second-order valence-corrected chi connectivity index (χ2v) is 7.06. The quantitative estimate of drug-likeness (QED) is 0.757. The zero-order valence-electron chi connectivity index (χ0n) is 15.6. The maximum atomic E-state index is 12.3. The van der Waals surface area contributed by atoms with Crippen LogP contribution in [-0.4, -0.2) is 53.6 Å². The van der Waals surface area contributed by atoms with Crippen LogP contribution in [0, 0.1) is 0 Å². The summed E-state index contributed by atoms with van der Waals surface area (Å²) in [5.74, 6) is 0.974. The Morgan fingerprint density at radius 2 is 1.89 bits per heavy atom. The molecule has 2 aromatic heterocycles. The number of aromatic nitrogens is 2. The molecule has 140 valence electrons. The SMILES string of the molecule is CN1CCN(c2ccc(NC(=O)CCn3ccc4ccccc43)cn2)CC1. The number of carbonyl (C=O) groups is 1. The minimum atomic E-state index is 0.00179. The fraction of sp³-hybridized carbons (Fsp3) is 0.333. The molecule has 1 amide bonds. The van der Waals surface area contributed by atoms with Crippen molar-refractivity contribution >= 4 is 28.3 Å². The number of benzene rings is 1. The Morgan fingerprint density at radius 3 is 2.67 bits per heavy atom. The number of hydrogen-bond acceptors (Lipinski definition) is 4. The Labute approximate surface area is 159 Å². The average Bonchev–Trinajstić information content (AvgIpc) is 3.11. The van der Waals surface area contributed by atoms with Gasteiger partial charge in [-0.1, -0.05) is 18.2 Å². The summed E-state index contributed by atoms with van der Waals surface area (Å²) < 4.78 is 2.11. The molecule has 6 heteroatoms. The van der Waals surface area contributed by atoms with Gasteiger partial charge in [0.25, 0.3) is 0 Å². The van der Waals surface area contributed by atoms with Gasteiger partial charge in [-0.25, -0.2) is 4.98 Å². The fourth-order valence-corrected chi connectivity index (χ4v) is 3.46. The first-order valence-electron chi connectivity index (χ1n) is 9.42. The van der Waals surface area contributed by atoms with Crippen LogP contribution in [0.3, 0.4) is 0 Å². The maximum absolute atomic E-state index is 12.3. The number of pyridine rings is 1. The summed E-state index contributed by atoms with van der Waals surface area (Å²) >= 11 is 0. The summed E-state index contributed by atoms with van der Waals surface area (Å²) in [7, 11) is 2.14. The molecular weight excluding hydrogens is 338 g/mol. The normalized spacial score (nSPS) is 15.2. The third kappa shape index (κ3) is 4.11. The van der Waals surface area contributed by atoms with Gasteiger partial charge in [0.2, 0.25) is 5.91 Å². The predicted octanol–water partition coefficient (Wildman–Crippen LogP) is 2.82. The lowest BCUT2D eigenvalue weighted by Gasteiger charge is -2.33. The second kappa shape index (κ2) is 7.80. The van der Waals surface area contributed by atoms with Gasteiger partial charge < -0.3 is 19.7 Å². The highest BCUT2D eigenvalue weighted by Crippen LogP contribution is 2.17. The topological polar surface area (TPSA) is 53.4 Å². The van der Waals surface area contributed by atoms with E-state index in [9.17, 15) is 4.79 Å². The van der Waals surface area contributed by atoms with Gasteiger partial charge in [-0.2, -0.15) is 0 Å². The van der Waals surface area contributed by atoms with Crippen molar-refractivity contribution in [2.24, 2.45) is 0 Å². The van der Waals surface area contributed by atoms with E-state index in [1.807, 2.05) is 30.5 Å². The number of carbonyl (C=O) groups excluding carboxylic acids is 1. The summed E-state index contributed by atoms with van der Waals surface area (Å²) in [5, 5.41) is 4.14. The molecule has 0 spiro atoms. The molecule has 0 bridgehead atoms. The Bertz CT molecular complexity index is 910. The van der Waals surface area contributed by atoms with Crippen molar-refractivity contribution in [2.75, 3.05) is 43.4 Å². The van der Waals surface area contributed by atoms with Crippen LogP contribution >= 0.6 is 0 Å². The Morgan fingerprint density at radius 1 is 1.07 bits per heavy atom. The molecule has 1 aliphatic rings. The Kier molecular flexibility index (Phi) is 5.07. The van der Waals surface area contributed by atoms with Crippen LogP contribution in [0.5, 0.6) is 0 Å². The van der Waals surface area contributed by atoms with Gasteiger partial charge in [-0.15, -0.1) is 0 Å². The van der Waals surface area contributed by atoms with E-state index in [2.05, 4.69) is 49.9 Å². The average molecular weight is 363 g/mol. The standard InChI is InChI=1S/C21H25N5O/c1-24-12-14-26(15-13-24)20-7-6-18(16-22-20)23-21(27)9-11-25-10-8-17-4-2-3-5-19(17)25/h2-8,10,16H,9,11-15H2,1H3,(H,23,27). The highest BCUT2D eigenvalue weighted by Gasteiger charge is 2.15. The van der Waals surface area contributed by atoms with Crippen LogP contribution in [-0.2, 0) is 11.3 Å². The minimum absolute atomic E-state index is 0.00179. The van der Waals surface area contributed by atoms with E-state index in [0.29, 0.717) is 13.0 Å². The van der Waals surface area contributed by atoms with Gasteiger partial charge in [-0.3, -0.25) is 4.79 Å². The third-order valence-electron chi connectivity index (χ3n) is 5.12. The van der Waals surface area contributed by atoms with Crippen LogP contribution in [0.4, 0.5) is 11.5 Å². The summed E-state index contributed by atoms with van der Waals surface area (Å²) in [5.41, 5.74) is 1.90.